The van der Waals surface area contributed by atoms with Crippen LogP contribution in [0, 0.1) is 0 Å². The summed E-state index contributed by atoms with van der Waals surface area (Å²) in [6, 6.07) is 14.9. The van der Waals surface area contributed by atoms with Crippen molar-refractivity contribution in [3.8, 4) is 0 Å². The maximum Gasteiger partial charge on any atom is 0.243 e. The molecule has 0 saturated heterocycles. The molecule has 3 nitrogen and oxygen atoms in total. The van der Waals surface area contributed by atoms with Crippen LogP contribution in [0.2, 0.25) is 0 Å². The summed E-state index contributed by atoms with van der Waals surface area (Å²) in [5.41, 5.74) is 0.976. The molecule has 0 amide bonds. The largest absolute Gasteiger partial charge is 0.243 e. The number of nitrogens with zero attached hydrogens (tertiary/aromatic N) is 1. The summed E-state index contributed by atoms with van der Waals surface area (Å²) in [6.07, 6.45) is 3.98. The van der Waals surface area contributed by atoms with Gasteiger partial charge in [-0.05, 0) is 54.5 Å². The Morgan fingerprint density at radius 1 is 0.864 bits per heavy atom. The van der Waals surface area contributed by atoms with Gasteiger partial charge in [-0.3, -0.25) is 0 Å². The fourth-order valence-corrected chi connectivity index (χ4v) is 3.98. The lowest BCUT2D eigenvalue weighted by molar-refractivity contribution is 0.466. The third-order valence-electron chi connectivity index (χ3n) is 3.33. The van der Waals surface area contributed by atoms with E-state index in [-0.39, 0.29) is 0 Å². The maximum absolute atomic E-state index is 12.6. The molecule has 2 aromatic carbocycles. The van der Waals surface area contributed by atoms with E-state index in [0.717, 1.165) is 10.5 Å². The summed E-state index contributed by atoms with van der Waals surface area (Å²) in [6.45, 7) is 0.362. The first-order chi connectivity index (χ1) is 10.5. The predicted molar refractivity (Wildman–Crippen MR) is 95.1 cm³/mol. The van der Waals surface area contributed by atoms with Crippen molar-refractivity contribution in [3.05, 3.63) is 54.1 Å². The average molecular weight is 354 g/mol. The third-order valence-corrected chi connectivity index (χ3v) is 6.64. The second-order valence-corrected chi connectivity index (χ2v) is 8.59. The van der Waals surface area contributed by atoms with Gasteiger partial charge in [0.15, 0.2) is 0 Å². The first-order valence-corrected chi connectivity index (χ1v) is 10.6. The molecular formula is C16H19NO2S3. The summed E-state index contributed by atoms with van der Waals surface area (Å²) in [5, 5.41) is 0. The fraction of sp³-hybridized carbons (Fsp3) is 0.250. The molecule has 0 saturated carbocycles. The molecule has 0 aliphatic heterocycles. The Hall–Kier alpha value is -0.950. The summed E-state index contributed by atoms with van der Waals surface area (Å²) in [7, 11) is -1.85. The van der Waals surface area contributed by atoms with Crippen LogP contribution in [0.5, 0.6) is 0 Å². The summed E-state index contributed by atoms with van der Waals surface area (Å²) in [5.74, 6) is 0. The Morgan fingerprint density at radius 3 is 1.77 bits per heavy atom. The topological polar surface area (TPSA) is 37.4 Å². The van der Waals surface area contributed by atoms with Crippen LogP contribution in [0.1, 0.15) is 5.56 Å². The highest BCUT2D eigenvalue weighted by molar-refractivity contribution is 7.98. The van der Waals surface area contributed by atoms with Gasteiger partial charge >= 0.3 is 0 Å². The van der Waals surface area contributed by atoms with Gasteiger partial charge in [-0.25, -0.2) is 8.42 Å². The molecule has 0 aliphatic rings. The van der Waals surface area contributed by atoms with E-state index in [1.54, 1.807) is 42.7 Å². The van der Waals surface area contributed by atoms with Crippen molar-refractivity contribution in [2.45, 2.75) is 21.2 Å². The lowest BCUT2D eigenvalue weighted by atomic mass is 10.2. The minimum Gasteiger partial charge on any atom is -0.207 e. The molecule has 0 heterocycles. The second-order valence-electron chi connectivity index (χ2n) is 4.78. The number of hydrogen-bond donors (Lipinski definition) is 0. The SMILES string of the molecule is CSc1ccc(CN(C)S(=O)(=O)c2ccc(SC)cc2)cc1. The Balaban J connectivity index is 2.16. The summed E-state index contributed by atoms with van der Waals surface area (Å²) >= 11 is 3.26. The molecule has 2 rings (SSSR count). The van der Waals surface area contributed by atoms with Crippen LogP contribution in [0.15, 0.2) is 63.2 Å². The Morgan fingerprint density at radius 2 is 1.32 bits per heavy atom. The van der Waals surface area contributed by atoms with Crippen LogP contribution >= 0.6 is 23.5 Å². The molecule has 2 aromatic rings. The summed E-state index contributed by atoms with van der Waals surface area (Å²) in [4.78, 5) is 2.55. The van der Waals surface area contributed by atoms with Gasteiger partial charge in [-0.15, -0.1) is 23.5 Å². The van der Waals surface area contributed by atoms with Crippen molar-refractivity contribution < 1.29 is 8.42 Å². The molecule has 118 valence electrons. The van der Waals surface area contributed by atoms with Crippen molar-refractivity contribution in [3.63, 3.8) is 0 Å². The van der Waals surface area contributed by atoms with E-state index >= 15 is 0 Å². The number of thioether (sulfide) groups is 2. The van der Waals surface area contributed by atoms with Crippen LogP contribution in [-0.2, 0) is 16.6 Å². The van der Waals surface area contributed by atoms with E-state index in [4.69, 9.17) is 0 Å². The number of rotatable bonds is 6. The highest BCUT2D eigenvalue weighted by Crippen LogP contribution is 2.22. The van der Waals surface area contributed by atoms with Crippen LogP contribution in [0.3, 0.4) is 0 Å². The standard InChI is InChI=1S/C16H19NO2S3/c1-17(12-13-4-6-14(20-2)7-5-13)22(18,19)16-10-8-15(21-3)9-11-16/h4-11H,12H2,1-3H3. The first kappa shape index (κ1) is 17.4. The minimum absolute atomic E-state index is 0.327. The van der Waals surface area contributed by atoms with E-state index < -0.39 is 10.0 Å². The highest BCUT2D eigenvalue weighted by Gasteiger charge is 2.20. The quantitative estimate of drug-likeness (QED) is 0.737. The Kier molecular flexibility index (Phi) is 5.97. The lowest BCUT2D eigenvalue weighted by Gasteiger charge is -2.17. The van der Waals surface area contributed by atoms with Gasteiger partial charge in [0.05, 0.1) is 4.90 Å². The van der Waals surface area contributed by atoms with E-state index in [0.29, 0.717) is 11.4 Å². The monoisotopic (exact) mass is 353 g/mol. The van der Waals surface area contributed by atoms with Gasteiger partial charge in [0.25, 0.3) is 0 Å². The number of sulfonamides is 1. The first-order valence-electron chi connectivity index (χ1n) is 6.70. The lowest BCUT2D eigenvalue weighted by Crippen LogP contribution is -2.26. The van der Waals surface area contributed by atoms with Crippen LogP contribution < -0.4 is 0 Å². The third kappa shape index (κ3) is 4.07. The van der Waals surface area contributed by atoms with Gasteiger partial charge in [0.2, 0.25) is 10.0 Å². The molecule has 0 aliphatic carbocycles. The molecule has 0 bridgehead atoms. The van der Waals surface area contributed by atoms with Gasteiger partial charge in [0, 0.05) is 23.4 Å². The van der Waals surface area contributed by atoms with Gasteiger partial charge in [-0.1, -0.05) is 12.1 Å². The normalized spacial score (nSPS) is 11.8. The van der Waals surface area contributed by atoms with Gasteiger partial charge in [-0.2, -0.15) is 4.31 Å². The highest BCUT2D eigenvalue weighted by atomic mass is 32.2. The minimum atomic E-state index is -3.46. The Bertz CT molecular complexity index is 710. The van der Waals surface area contributed by atoms with Crippen LogP contribution in [0.25, 0.3) is 0 Å². The van der Waals surface area contributed by atoms with E-state index in [9.17, 15) is 8.42 Å². The van der Waals surface area contributed by atoms with E-state index in [2.05, 4.69) is 0 Å². The van der Waals surface area contributed by atoms with Crippen molar-refractivity contribution >= 4 is 33.5 Å². The van der Waals surface area contributed by atoms with Crippen LogP contribution in [-0.4, -0.2) is 32.3 Å². The molecule has 0 aromatic heterocycles. The average Bonchev–Trinajstić information content (AvgIpc) is 2.55. The molecule has 6 heteroatoms. The zero-order valence-corrected chi connectivity index (χ0v) is 15.3. The van der Waals surface area contributed by atoms with Crippen molar-refractivity contribution in [1.29, 1.82) is 0 Å². The molecule has 22 heavy (non-hydrogen) atoms. The number of benzene rings is 2. The van der Waals surface area contributed by atoms with E-state index in [1.165, 1.54) is 9.20 Å². The zero-order chi connectivity index (χ0) is 16.2. The zero-order valence-electron chi connectivity index (χ0n) is 12.8. The molecule has 0 fully saturated rings. The molecule has 0 spiro atoms. The van der Waals surface area contributed by atoms with E-state index in [1.807, 2.05) is 48.9 Å². The summed E-state index contributed by atoms with van der Waals surface area (Å²) < 4.78 is 26.5. The second kappa shape index (κ2) is 7.55. The maximum atomic E-state index is 12.6. The molecule has 0 unspecified atom stereocenters. The van der Waals surface area contributed by atoms with Gasteiger partial charge < -0.3 is 0 Å². The van der Waals surface area contributed by atoms with Crippen molar-refractivity contribution in [2.75, 3.05) is 19.6 Å². The molecule has 0 N–H and O–H groups in total. The van der Waals surface area contributed by atoms with Crippen molar-refractivity contribution in [2.24, 2.45) is 0 Å². The fourth-order valence-electron chi connectivity index (χ4n) is 2.00. The van der Waals surface area contributed by atoms with Gasteiger partial charge in [0.1, 0.15) is 0 Å². The Labute approximate surface area is 141 Å². The smallest absolute Gasteiger partial charge is 0.207 e. The number of hydrogen-bond acceptors (Lipinski definition) is 4. The molecular weight excluding hydrogens is 334 g/mol. The predicted octanol–water partition coefficient (Wildman–Crippen LogP) is 3.95. The van der Waals surface area contributed by atoms with Crippen molar-refractivity contribution in [1.82, 2.24) is 4.31 Å². The van der Waals surface area contributed by atoms with Crippen LogP contribution in [0.4, 0.5) is 0 Å². The molecule has 0 atom stereocenters. The molecule has 0 radical (unpaired) electrons.